The Bertz CT molecular complexity index is 140. The molecule has 0 aromatic carbocycles. The monoisotopic (exact) mass is 111 g/mol. The van der Waals surface area contributed by atoms with Crippen LogP contribution in [0, 0.1) is 13.8 Å². The van der Waals surface area contributed by atoms with Crippen LogP contribution in [-0.4, -0.2) is 4.98 Å². The number of rotatable bonds is 0. The van der Waals surface area contributed by atoms with Crippen molar-refractivity contribution < 1.29 is 0 Å². The summed E-state index contributed by atoms with van der Waals surface area (Å²) in [6.45, 7) is 7.21. The lowest BCUT2D eigenvalue weighted by atomic mass is 10.6. The van der Waals surface area contributed by atoms with E-state index in [1.807, 2.05) is 12.3 Å². The number of aryl methyl sites for hydroxylation is 1. The van der Waals surface area contributed by atoms with Gasteiger partial charge in [-0.25, -0.2) is 4.98 Å². The number of hydrogen-bond donors (Lipinski definition) is 0. The zero-order valence-corrected chi connectivity index (χ0v) is 4.83. The van der Waals surface area contributed by atoms with Crippen LogP contribution in [-0.2, 0) is 0 Å². The van der Waals surface area contributed by atoms with E-state index in [-0.39, 0.29) is 0 Å². The van der Waals surface area contributed by atoms with Gasteiger partial charge in [0, 0.05) is 18.0 Å². The van der Waals surface area contributed by atoms with Gasteiger partial charge in [-0.15, -0.1) is 11.3 Å². The van der Waals surface area contributed by atoms with E-state index >= 15 is 0 Å². The van der Waals surface area contributed by atoms with Crippen LogP contribution in [0.3, 0.4) is 0 Å². The maximum Gasteiger partial charge on any atom is 0.0973 e. The van der Waals surface area contributed by atoms with E-state index in [4.69, 9.17) is 6.92 Å². The first-order chi connectivity index (χ1) is 3.29. The molecule has 1 rings (SSSR count). The highest BCUT2D eigenvalue weighted by Crippen LogP contribution is 2.04. The lowest BCUT2D eigenvalue weighted by Crippen LogP contribution is -1.67. The molecule has 0 atom stereocenters. The van der Waals surface area contributed by atoms with Crippen LogP contribution >= 0.6 is 11.3 Å². The van der Waals surface area contributed by atoms with Crippen molar-refractivity contribution in [2.45, 2.75) is 6.92 Å². The Hall–Kier alpha value is -0.370. The molecule has 0 unspecified atom stereocenters. The van der Waals surface area contributed by atoms with Crippen molar-refractivity contribution in [2.75, 3.05) is 0 Å². The van der Waals surface area contributed by atoms with Crippen molar-refractivity contribution in [3.8, 4) is 0 Å². The van der Waals surface area contributed by atoms with Gasteiger partial charge in [0.1, 0.15) is 0 Å². The van der Waals surface area contributed by atoms with Crippen molar-refractivity contribution >= 4 is 11.3 Å². The fraction of sp³-hybridized carbons (Fsp3) is 0.200. The molecule has 0 aliphatic carbocycles. The minimum absolute atomic E-state index is 0.650. The van der Waals surface area contributed by atoms with Gasteiger partial charge in [0.05, 0.1) is 5.01 Å². The molecule has 1 heterocycles. The van der Waals surface area contributed by atoms with E-state index in [9.17, 15) is 0 Å². The van der Waals surface area contributed by atoms with Gasteiger partial charge < -0.3 is 0 Å². The Labute approximate surface area is 47.0 Å². The Morgan fingerprint density at radius 3 is 2.71 bits per heavy atom. The summed E-state index contributed by atoms with van der Waals surface area (Å²) in [4.78, 5) is 3.91. The second-order valence-electron chi connectivity index (χ2n) is 1.33. The molecular formula is C5H5NS. The fourth-order valence-electron chi connectivity index (χ4n) is 0.372. The van der Waals surface area contributed by atoms with Crippen molar-refractivity contribution in [1.82, 2.24) is 4.98 Å². The molecule has 0 aliphatic rings. The van der Waals surface area contributed by atoms with E-state index in [0.717, 1.165) is 5.69 Å². The van der Waals surface area contributed by atoms with Crippen LogP contribution in [0.2, 0.25) is 0 Å². The fourth-order valence-corrected chi connectivity index (χ4v) is 0.913. The van der Waals surface area contributed by atoms with E-state index in [0.29, 0.717) is 5.01 Å². The molecule has 0 saturated carbocycles. The first-order valence-corrected chi connectivity index (χ1v) is 2.84. The summed E-state index contributed by atoms with van der Waals surface area (Å²) < 4.78 is 0. The molecule has 1 aromatic heterocycles. The Morgan fingerprint density at radius 1 is 1.86 bits per heavy atom. The topological polar surface area (TPSA) is 12.9 Å². The summed E-state index contributed by atoms with van der Waals surface area (Å²) in [5, 5.41) is 2.58. The maximum absolute atomic E-state index is 5.29. The molecule has 0 aliphatic heterocycles. The standard InChI is InChI=1S/C5H5NS/c1-4-3-7-5(2)6-4/h2-3H,1H3. The molecule has 2 radical (unpaired) electrons. The first kappa shape index (κ1) is 4.78. The summed E-state index contributed by atoms with van der Waals surface area (Å²) in [6.07, 6.45) is 0. The van der Waals surface area contributed by atoms with Gasteiger partial charge in [-0.05, 0) is 6.92 Å². The third-order valence-electron chi connectivity index (χ3n) is 0.637. The van der Waals surface area contributed by atoms with Crippen molar-refractivity contribution in [3.63, 3.8) is 0 Å². The van der Waals surface area contributed by atoms with Crippen molar-refractivity contribution in [2.24, 2.45) is 0 Å². The smallest absolute Gasteiger partial charge is 0.0973 e. The quantitative estimate of drug-likeness (QED) is 0.494. The molecule has 0 fully saturated rings. The number of hydrogen-bond acceptors (Lipinski definition) is 2. The summed E-state index contributed by atoms with van der Waals surface area (Å²) >= 11 is 1.47. The highest BCUT2D eigenvalue weighted by molar-refractivity contribution is 7.09. The van der Waals surface area contributed by atoms with Crippen LogP contribution in [0.5, 0.6) is 0 Å². The van der Waals surface area contributed by atoms with Gasteiger partial charge in [-0.3, -0.25) is 0 Å². The largest absolute Gasteiger partial charge is 0.246 e. The van der Waals surface area contributed by atoms with Crippen molar-refractivity contribution in [1.29, 1.82) is 0 Å². The minimum atomic E-state index is 0.650. The van der Waals surface area contributed by atoms with Crippen LogP contribution in [0.15, 0.2) is 5.38 Å². The normalized spacial score (nSPS) is 9.43. The molecule has 0 spiro atoms. The molecular weight excluding hydrogens is 106 g/mol. The molecule has 0 saturated heterocycles. The highest BCUT2D eigenvalue weighted by atomic mass is 32.1. The zero-order valence-electron chi connectivity index (χ0n) is 4.01. The van der Waals surface area contributed by atoms with Gasteiger partial charge in [0.15, 0.2) is 0 Å². The van der Waals surface area contributed by atoms with Crippen LogP contribution in [0.4, 0.5) is 0 Å². The van der Waals surface area contributed by atoms with E-state index in [2.05, 4.69) is 4.98 Å². The van der Waals surface area contributed by atoms with E-state index in [1.54, 1.807) is 0 Å². The average molecular weight is 111 g/mol. The first-order valence-electron chi connectivity index (χ1n) is 1.96. The molecule has 1 aromatic rings. The molecule has 36 valence electrons. The minimum Gasteiger partial charge on any atom is -0.246 e. The Balaban J connectivity index is 3.04. The number of thiazole rings is 1. The molecule has 0 N–H and O–H groups in total. The molecule has 1 nitrogen and oxygen atoms in total. The van der Waals surface area contributed by atoms with Gasteiger partial charge in [-0.2, -0.15) is 0 Å². The SMILES string of the molecule is [CH]c1nc(C)cs1. The molecule has 0 bridgehead atoms. The van der Waals surface area contributed by atoms with Gasteiger partial charge in [0.25, 0.3) is 0 Å². The predicted octanol–water partition coefficient (Wildman–Crippen LogP) is 1.51. The summed E-state index contributed by atoms with van der Waals surface area (Å²) in [7, 11) is 0. The van der Waals surface area contributed by atoms with Gasteiger partial charge >= 0.3 is 0 Å². The average Bonchev–Trinajstić information content (AvgIpc) is 1.87. The number of nitrogens with zero attached hydrogens (tertiary/aromatic N) is 1. The lowest BCUT2D eigenvalue weighted by Gasteiger charge is -1.70. The van der Waals surface area contributed by atoms with Gasteiger partial charge in [0.2, 0.25) is 0 Å². The second-order valence-corrected chi connectivity index (χ2v) is 2.22. The maximum atomic E-state index is 5.29. The highest BCUT2D eigenvalue weighted by Gasteiger charge is 1.86. The predicted molar refractivity (Wildman–Crippen MR) is 30.3 cm³/mol. The third kappa shape index (κ3) is 0.996. The molecule has 0 amide bonds. The third-order valence-corrected chi connectivity index (χ3v) is 1.43. The van der Waals surface area contributed by atoms with E-state index in [1.165, 1.54) is 11.3 Å². The lowest BCUT2D eigenvalue weighted by molar-refractivity contribution is 1.24. The Kier molecular flexibility index (Phi) is 1.11. The summed E-state index contributed by atoms with van der Waals surface area (Å²) in [6, 6.07) is 0. The van der Waals surface area contributed by atoms with Crippen molar-refractivity contribution in [3.05, 3.63) is 23.0 Å². The molecule has 7 heavy (non-hydrogen) atoms. The zero-order chi connectivity index (χ0) is 5.28. The molecule has 2 heteroatoms. The second kappa shape index (κ2) is 1.62. The summed E-state index contributed by atoms with van der Waals surface area (Å²) in [5.74, 6) is 0. The summed E-state index contributed by atoms with van der Waals surface area (Å²) in [5.41, 5.74) is 1.00. The van der Waals surface area contributed by atoms with Crippen LogP contribution in [0.1, 0.15) is 10.7 Å². The van der Waals surface area contributed by atoms with E-state index < -0.39 is 0 Å². The Morgan fingerprint density at radius 2 is 2.57 bits per heavy atom. The van der Waals surface area contributed by atoms with Gasteiger partial charge in [-0.1, -0.05) is 0 Å². The van der Waals surface area contributed by atoms with Crippen LogP contribution < -0.4 is 0 Å². The number of aromatic nitrogens is 1. The van der Waals surface area contributed by atoms with Crippen LogP contribution in [0.25, 0.3) is 0 Å².